The molecule has 0 aliphatic carbocycles. The molecule has 1 aromatic carbocycles. The summed E-state index contributed by atoms with van der Waals surface area (Å²) in [5, 5.41) is 0.746. The SMILES string of the molecule is Cc1ccc(S(=O)(=O)Nc2cc3ccn(COCC[Si](C)(C)C)c3nc2OCCCCCOS(C)(=O)=O)cc1. The number of sulfonamides is 1. The highest BCUT2D eigenvalue weighted by Crippen LogP contribution is 2.30. The Bertz CT molecular complexity index is 1450. The molecule has 0 saturated carbocycles. The van der Waals surface area contributed by atoms with Gasteiger partial charge in [-0.25, -0.2) is 8.42 Å². The van der Waals surface area contributed by atoms with Crippen molar-refractivity contribution in [3.05, 3.63) is 48.2 Å². The topological polar surface area (TPSA) is 126 Å². The molecule has 13 heteroatoms. The summed E-state index contributed by atoms with van der Waals surface area (Å²) in [6.07, 6.45) is 4.70. The highest BCUT2D eigenvalue weighted by molar-refractivity contribution is 7.92. The molecule has 2 aromatic heterocycles. The molecular formula is C26H39N3O7S2Si. The van der Waals surface area contributed by atoms with Crippen molar-refractivity contribution < 1.29 is 30.5 Å². The van der Waals surface area contributed by atoms with Gasteiger partial charge in [-0.1, -0.05) is 37.3 Å². The zero-order chi connectivity index (χ0) is 28.7. The summed E-state index contributed by atoms with van der Waals surface area (Å²) in [6.45, 7) is 10.1. The van der Waals surface area contributed by atoms with Crippen molar-refractivity contribution >= 4 is 44.9 Å². The molecule has 1 N–H and O–H groups in total. The largest absolute Gasteiger partial charge is 0.476 e. The molecular weight excluding hydrogens is 559 g/mol. The number of benzene rings is 1. The number of nitrogens with zero attached hydrogens (tertiary/aromatic N) is 2. The number of anilines is 1. The van der Waals surface area contributed by atoms with E-state index in [9.17, 15) is 16.8 Å². The van der Waals surface area contributed by atoms with Crippen molar-refractivity contribution in [1.29, 1.82) is 0 Å². The van der Waals surface area contributed by atoms with Crippen LogP contribution in [0.3, 0.4) is 0 Å². The number of hydrogen-bond acceptors (Lipinski definition) is 8. The van der Waals surface area contributed by atoms with Gasteiger partial charge in [0.2, 0.25) is 5.88 Å². The van der Waals surface area contributed by atoms with Gasteiger partial charge >= 0.3 is 0 Å². The van der Waals surface area contributed by atoms with Gasteiger partial charge in [-0.05, 0) is 56.5 Å². The Morgan fingerprint density at radius 2 is 1.64 bits per heavy atom. The van der Waals surface area contributed by atoms with Crippen LogP contribution in [0, 0.1) is 6.92 Å². The smallest absolute Gasteiger partial charge is 0.264 e. The van der Waals surface area contributed by atoms with Crippen LogP contribution < -0.4 is 9.46 Å². The number of unbranched alkanes of at least 4 members (excludes halogenated alkanes) is 2. The molecule has 0 fully saturated rings. The van der Waals surface area contributed by atoms with Gasteiger partial charge in [0.25, 0.3) is 20.1 Å². The van der Waals surface area contributed by atoms with Crippen LogP contribution >= 0.6 is 0 Å². The van der Waals surface area contributed by atoms with Crippen LogP contribution in [0.25, 0.3) is 11.0 Å². The van der Waals surface area contributed by atoms with E-state index in [1.165, 1.54) is 0 Å². The Kier molecular flexibility index (Phi) is 10.6. The Balaban J connectivity index is 1.77. The van der Waals surface area contributed by atoms with E-state index in [0.29, 0.717) is 38.2 Å². The van der Waals surface area contributed by atoms with Crippen LogP contribution in [0.2, 0.25) is 25.7 Å². The van der Waals surface area contributed by atoms with Crippen LogP contribution in [0.4, 0.5) is 5.69 Å². The lowest BCUT2D eigenvalue weighted by molar-refractivity contribution is 0.0898. The van der Waals surface area contributed by atoms with Gasteiger partial charge in [0.1, 0.15) is 18.1 Å². The number of pyridine rings is 1. The minimum absolute atomic E-state index is 0.107. The third-order valence-electron chi connectivity index (χ3n) is 5.83. The number of nitrogens with one attached hydrogen (secondary N) is 1. The number of fused-ring (bicyclic) bond motifs is 1. The van der Waals surface area contributed by atoms with E-state index in [1.807, 2.05) is 23.8 Å². The highest BCUT2D eigenvalue weighted by atomic mass is 32.2. The average Bonchev–Trinajstić information content (AvgIpc) is 3.21. The number of ether oxygens (including phenoxy) is 2. The van der Waals surface area contributed by atoms with Crippen LogP contribution in [0.15, 0.2) is 47.5 Å². The second-order valence-corrected chi connectivity index (χ2v) is 19.7. The van der Waals surface area contributed by atoms with Gasteiger partial charge in [-0.3, -0.25) is 8.91 Å². The van der Waals surface area contributed by atoms with Gasteiger partial charge < -0.3 is 14.0 Å². The Morgan fingerprint density at radius 3 is 2.31 bits per heavy atom. The first-order valence-corrected chi connectivity index (χ1v) is 19.9. The molecule has 3 aromatic rings. The lowest BCUT2D eigenvalue weighted by atomic mass is 10.2. The van der Waals surface area contributed by atoms with Crippen molar-refractivity contribution in [3.63, 3.8) is 0 Å². The molecule has 0 bridgehead atoms. The zero-order valence-corrected chi connectivity index (χ0v) is 25.9. The third-order valence-corrected chi connectivity index (χ3v) is 9.51. The molecule has 0 aliphatic heterocycles. The monoisotopic (exact) mass is 597 g/mol. The second-order valence-electron chi connectivity index (χ2n) is 10.7. The number of aromatic nitrogens is 2. The fraction of sp³-hybridized carbons (Fsp3) is 0.500. The Morgan fingerprint density at radius 1 is 0.949 bits per heavy atom. The van der Waals surface area contributed by atoms with Crippen LogP contribution in [-0.4, -0.2) is 60.5 Å². The summed E-state index contributed by atoms with van der Waals surface area (Å²) in [6, 6.07) is 11.2. The normalized spacial score (nSPS) is 12.6. The van der Waals surface area contributed by atoms with Gasteiger partial charge in [0.15, 0.2) is 0 Å². The standard InChI is InChI=1S/C26H39N3O7S2Si/c1-21-9-11-23(12-10-21)38(32,33)28-24-19-22-13-14-29(20-34-17-18-39(3,4)5)25(22)27-26(24)35-15-7-6-8-16-36-37(2,30)31/h9-14,19,28H,6-8,15-18,20H2,1-5H3. The van der Waals surface area contributed by atoms with E-state index >= 15 is 0 Å². The van der Waals surface area contributed by atoms with Gasteiger partial charge in [0.05, 0.1) is 24.4 Å². The van der Waals surface area contributed by atoms with Crippen molar-refractivity contribution in [2.24, 2.45) is 0 Å². The molecule has 2 heterocycles. The van der Waals surface area contributed by atoms with Gasteiger partial charge in [-0.15, -0.1) is 0 Å². The Labute approximate surface area is 232 Å². The molecule has 10 nitrogen and oxygen atoms in total. The first kappa shape index (κ1) is 31.1. The van der Waals surface area contributed by atoms with Crippen molar-refractivity contribution in [2.75, 3.05) is 30.8 Å². The minimum atomic E-state index is -3.87. The van der Waals surface area contributed by atoms with E-state index < -0.39 is 28.2 Å². The van der Waals surface area contributed by atoms with E-state index in [-0.39, 0.29) is 29.7 Å². The summed E-state index contributed by atoms with van der Waals surface area (Å²) in [5.41, 5.74) is 1.81. The van der Waals surface area contributed by atoms with Crippen LogP contribution in [0.5, 0.6) is 5.88 Å². The predicted octanol–water partition coefficient (Wildman–Crippen LogP) is 4.98. The molecule has 39 heavy (non-hydrogen) atoms. The summed E-state index contributed by atoms with van der Waals surface area (Å²) >= 11 is 0. The van der Waals surface area contributed by atoms with Crippen molar-refractivity contribution in [1.82, 2.24) is 9.55 Å². The number of aryl methyl sites for hydroxylation is 1. The molecule has 0 amide bonds. The maximum absolute atomic E-state index is 13.1. The summed E-state index contributed by atoms with van der Waals surface area (Å²) in [4.78, 5) is 4.80. The molecule has 0 radical (unpaired) electrons. The first-order valence-electron chi connectivity index (χ1n) is 12.9. The summed E-state index contributed by atoms with van der Waals surface area (Å²) < 4.78 is 69.5. The van der Waals surface area contributed by atoms with Crippen LogP contribution in [0.1, 0.15) is 24.8 Å². The molecule has 3 rings (SSSR count). The molecule has 0 unspecified atom stereocenters. The quantitative estimate of drug-likeness (QED) is 0.139. The molecule has 0 aliphatic rings. The molecule has 0 atom stereocenters. The molecule has 0 saturated heterocycles. The minimum Gasteiger partial charge on any atom is -0.476 e. The number of hydrogen-bond donors (Lipinski definition) is 1. The van der Waals surface area contributed by atoms with Crippen molar-refractivity contribution in [3.8, 4) is 5.88 Å². The highest BCUT2D eigenvalue weighted by Gasteiger charge is 2.20. The van der Waals surface area contributed by atoms with E-state index in [2.05, 4.69) is 29.3 Å². The van der Waals surface area contributed by atoms with Crippen LogP contribution in [-0.2, 0) is 35.8 Å². The third kappa shape index (κ3) is 10.2. The van der Waals surface area contributed by atoms with Gasteiger partial charge in [0, 0.05) is 26.3 Å². The van der Waals surface area contributed by atoms with E-state index in [0.717, 1.165) is 23.2 Å². The zero-order valence-electron chi connectivity index (χ0n) is 23.3. The molecule has 216 valence electrons. The maximum atomic E-state index is 13.1. The average molecular weight is 598 g/mol. The van der Waals surface area contributed by atoms with E-state index in [1.54, 1.807) is 30.3 Å². The van der Waals surface area contributed by atoms with Gasteiger partial charge in [-0.2, -0.15) is 13.4 Å². The summed E-state index contributed by atoms with van der Waals surface area (Å²) in [7, 11) is -8.55. The maximum Gasteiger partial charge on any atom is 0.264 e. The fourth-order valence-corrected chi connectivity index (χ4v) is 5.83. The fourth-order valence-electron chi connectivity index (χ4n) is 3.61. The predicted molar refractivity (Wildman–Crippen MR) is 156 cm³/mol. The number of rotatable bonds is 16. The Hall–Kier alpha value is -2.45. The first-order chi connectivity index (χ1) is 18.2. The lowest BCUT2D eigenvalue weighted by Crippen LogP contribution is -2.22. The molecule has 0 spiro atoms. The summed E-state index contributed by atoms with van der Waals surface area (Å²) in [5.74, 6) is 0.160. The lowest BCUT2D eigenvalue weighted by Gasteiger charge is -2.16. The second kappa shape index (κ2) is 13.3. The van der Waals surface area contributed by atoms with Crippen molar-refractivity contribution in [2.45, 2.75) is 63.5 Å². The van der Waals surface area contributed by atoms with E-state index in [4.69, 9.17) is 13.7 Å².